The second kappa shape index (κ2) is 8.93. The Labute approximate surface area is 165 Å². The number of fused-ring (bicyclic) bond motifs is 1. The number of hydrogen-bond donors (Lipinski definition) is 1. The van der Waals surface area contributed by atoms with E-state index in [9.17, 15) is 9.90 Å². The van der Waals surface area contributed by atoms with E-state index < -0.39 is 5.97 Å². The highest BCUT2D eigenvalue weighted by Crippen LogP contribution is 2.32. The number of phenols is 1. The van der Waals surface area contributed by atoms with Crippen LogP contribution in [0.4, 0.5) is 0 Å². The van der Waals surface area contributed by atoms with Crippen LogP contribution in [0.2, 0.25) is 0 Å². The van der Waals surface area contributed by atoms with E-state index >= 15 is 0 Å². The molecule has 0 fully saturated rings. The van der Waals surface area contributed by atoms with Gasteiger partial charge in [-0.05, 0) is 55.7 Å². The van der Waals surface area contributed by atoms with Gasteiger partial charge in [0.2, 0.25) is 0 Å². The summed E-state index contributed by atoms with van der Waals surface area (Å²) in [6, 6.07) is 13.5. The van der Waals surface area contributed by atoms with Gasteiger partial charge in [0.15, 0.2) is 0 Å². The molecule has 0 aliphatic rings. The van der Waals surface area contributed by atoms with Crippen molar-refractivity contribution in [3.63, 3.8) is 0 Å². The molecular formula is C23H27NO4. The molecule has 0 saturated heterocycles. The van der Waals surface area contributed by atoms with Crippen LogP contribution < -0.4 is 0 Å². The van der Waals surface area contributed by atoms with E-state index in [2.05, 4.69) is 31.2 Å². The second-order valence-electron chi connectivity index (χ2n) is 6.90. The molecule has 0 unspecified atom stereocenters. The topological polar surface area (TPSA) is 60.7 Å². The zero-order valence-corrected chi connectivity index (χ0v) is 16.7. The first-order chi connectivity index (χ1) is 13.6. The van der Waals surface area contributed by atoms with Gasteiger partial charge in [-0.3, -0.25) is 0 Å². The van der Waals surface area contributed by atoms with Gasteiger partial charge >= 0.3 is 5.97 Å². The van der Waals surface area contributed by atoms with E-state index in [1.54, 1.807) is 19.2 Å². The number of carbonyl (C=O) groups excluding carboxylic acids is 1. The lowest BCUT2D eigenvalue weighted by Crippen LogP contribution is -2.11. The van der Waals surface area contributed by atoms with Crippen molar-refractivity contribution in [2.24, 2.45) is 0 Å². The first-order valence-corrected chi connectivity index (χ1v) is 9.66. The van der Waals surface area contributed by atoms with Crippen LogP contribution in [0.25, 0.3) is 16.6 Å². The number of hydrogen-bond acceptors (Lipinski definition) is 4. The number of ether oxygens (including phenoxy) is 2. The maximum atomic E-state index is 12.7. The summed E-state index contributed by atoms with van der Waals surface area (Å²) in [6.45, 7) is 4.61. The molecule has 1 N–H and O–H groups in total. The third-order valence-corrected chi connectivity index (χ3v) is 4.93. The molecule has 3 aromatic rings. The summed E-state index contributed by atoms with van der Waals surface area (Å²) >= 11 is 0. The lowest BCUT2D eigenvalue weighted by molar-refractivity contribution is 0.0389. The molecule has 0 radical (unpaired) electrons. The van der Waals surface area contributed by atoms with Gasteiger partial charge in [0.25, 0.3) is 0 Å². The molecule has 2 aromatic carbocycles. The molecule has 1 aromatic heterocycles. The SMILES string of the molecule is CCCCc1ccc(-n2c(C)c(C(=O)OCCOC)c3cc(O)ccc32)cc1. The molecule has 1 heterocycles. The average molecular weight is 381 g/mol. The Morgan fingerprint density at radius 2 is 1.86 bits per heavy atom. The van der Waals surface area contributed by atoms with Gasteiger partial charge in [-0.25, -0.2) is 4.79 Å². The highest BCUT2D eigenvalue weighted by atomic mass is 16.6. The lowest BCUT2D eigenvalue weighted by atomic mass is 10.1. The van der Waals surface area contributed by atoms with Crippen molar-refractivity contribution in [1.82, 2.24) is 4.57 Å². The van der Waals surface area contributed by atoms with E-state index in [0.29, 0.717) is 17.6 Å². The number of aromatic nitrogens is 1. The summed E-state index contributed by atoms with van der Waals surface area (Å²) in [5.74, 6) is -0.297. The van der Waals surface area contributed by atoms with Crippen LogP contribution in [0.5, 0.6) is 5.75 Å². The summed E-state index contributed by atoms with van der Waals surface area (Å²) in [4.78, 5) is 12.7. The number of phenolic OH excluding ortho intramolecular Hbond substituents is 1. The average Bonchev–Trinajstić information content (AvgIpc) is 2.98. The molecule has 0 atom stereocenters. The normalized spacial score (nSPS) is 11.1. The number of aryl methyl sites for hydroxylation is 1. The minimum Gasteiger partial charge on any atom is -0.508 e. The van der Waals surface area contributed by atoms with E-state index in [0.717, 1.165) is 23.3 Å². The quantitative estimate of drug-likeness (QED) is 0.450. The van der Waals surface area contributed by atoms with E-state index in [1.807, 2.05) is 17.6 Å². The third kappa shape index (κ3) is 4.04. The summed E-state index contributed by atoms with van der Waals surface area (Å²) < 4.78 is 12.3. The lowest BCUT2D eigenvalue weighted by Gasteiger charge is -2.10. The van der Waals surface area contributed by atoms with Gasteiger partial charge in [-0.15, -0.1) is 0 Å². The minimum atomic E-state index is -0.413. The minimum absolute atomic E-state index is 0.116. The summed E-state index contributed by atoms with van der Waals surface area (Å²) in [7, 11) is 1.56. The van der Waals surface area contributed by atoms with Crippen molar-refractivity contribution in [3.05, 3.63) is 59.3 Å². The van der Waals surface area contributed by atoms with E-state index in [-0.39, 0.29) is 12.4 Å². The predicted molar refractivity (Wildman–Crippen MR) is 110 cm³/mol. The van der Waals surface area contributed by atoms with E-state index in [4.69, 9.17) is 9.47 Å². The number of rotatable bonds is 8. The fourth-order valence-electron chi connectivity index (χ4n) is 3.48. The van der Waals surface area contributed by atoms with Crippen LogP contribution in [0.3, 0.4) is 0 Å². The number of esters is 1. The molecule has 3 rings (SSSR count). The number of unbranched alkanes of at least 4 members (excludes halogenated alkanes) is 1. The second-order valence-corrected chi connectivity index (χ2v) is 6.90. The van der Waals surface area contributed by atoms with Crippen LogP contribution in [0.15, 0.2) is 42.5 Å². The van der Waals surface area contributed by atoms with Crippen LogP contribution in [0.1, 0.15) is 41.4 Å². The highest BCUT2D eigenvalue weighted by molar-refractivity contribution is 6.07. The first-order valence-electron chi connectivity index (χ1n) is 9.66. The highest BCUT2D eigenvalue weighted by Gasteiger charge is 2.22. The van der Waals surface area contributed by atoms with Crippen LogP contribution >= 0.6 is 0 Å². The van der Waals surface area contributed by atoms with Crippen molar-refractivity contribution in [2.45, 2.75) is 33.1 Å². The number of methoxy groups -OCH3 is 1. The third-order valence-electron chi connectivity index (χ3n) is 4.93. The standard InChI is InChI=1S/C23H27NO4/c1-4-5-6-17-7-9-18(10-8-17)24-16(2)22(23(26)28-14-13-27-3)20-15-19(25)11-12-21(20)24/h7-12,15,25H,4-6,13-14H2,1-3H3. The van der Waals surface area contributed by atoms with E-state index in [1.165, 1.54) is 18.4 Å². The van der Waals surface area contributed by atoms with Gasteiger partial charge < -0.3 is 19.1 Å². The fraction of sp³-hybridized carbons (Fsp3) is 0.348. The van der Waals surface area contributed by atoms with Gasteiger partial charge in [-0.2, -0.15) is 0 Å². The molecule has 5 heteroatoms. The Balaban J connectivity index is 2.05. The van der Waals surface area contributed by atoms with Crippen molar-refractivity contribution in [1.29, 1.82) is 0 Å². The summed E-state index contributed by atoms with van der Waals surface area (Å²) in [6.07, 6.45) is 3.40. The van der Waals surface area contributed by atoms with Crippen LogP contribution in [-0.2, 0) is 15.9 Å². The molecular weight excluding hydrogens is 354 g/mol. The monoisotopic (exact) mass is 381 g/mol. The number of carbonyl (C=O) groups is 1. The Bertz CT molecular complexity index is 957. The molecule has 28 heavy (non-hydrogen) atoms. The van der Waals surface area contributed by atoms with Gasteiger partial charge in [0, 0.05) is 23.9 Å². The Morgan fingerprint density at radius 1 is 1.11 bits per heavy atom. The van der Waals surface area contributed by atoms with Gasteiger partial charge in [0.05, 0.1) is 17.7 Å². The molecule has 148 valence electrons. The molecule has 0 spiro atoms. The molecule has 0 aliphatic carbocycles. The summed E-state index contributed by atoms with van der Waals surface area (Å²) in [5.41, 5.74) is 4.39. The predicted octanol–water partition coefficient (Wildman–Crippen LogP) is 4.79. The van der Waals surface area contributed by atoms with Crippen molar-refractivity contribution in [2.75, 3.05) is 20.3 Å². The van der Waals surface area contributed by atoms with Crippen LogP contribution in [-0.4, -0.2) is 36.0 Å². The van der Waals surface area contributed by atoms with Crippen LogP contribution in [0, 0.1) is 6.92 Å². The molecule has 5 nitrogen and oxygen atoms in total. The molecule has 0 bridgehead atoms. The number of nitrogens with zero attached hydrogens (tertiary/aromatic N) is 1. The number of benzene rings is 2. The largest absolute Gasteiger partial charge is 0.508 e. The van der Waals surface area contributed by atoms with Crippen molar-refractivity contribution >= 4 is 16.9 Å². The maximum Gasteiger partial charge on any atom is 0.340 e. The van der Waals surface area contributed by atoms with Crippen molar-refractivity contribution in [3.8, 4) is 11.4 Å². The summed E-state index contributed by atoms with van der Waals surface area (Å²) in [5, 5.41) is 10.6. The van der Waals surface area contributed by atoms with Crippen molar-refractivity contribution < 1.29 is 19.4 Å². The fourth-order valence-corrected chi connectivity index (χ4v) is 3.48. The first kappa shape index (κ1) is 20.0. The maximum absolute atomic E-state index is 12.7. The zero-order valence-electron chi connectivity index (χ0n) is 16.7. The number of aromatic hydroxyl groups is 1. The Morgan fingerprint density at radius 3 is 2.54 bits per heavy atom. The zero-order chi connectivity index (χ0) is 20.1. The molecule has 0 saturated carbocycles. The molecule has 0 amide bonds. The smallest absolute Gasteiger partial charge is 0.340 e. The molecule has 0 aliphatic heterocycles. The van der Waals surface area contributed by atoms with Gasteiger partial charge in [-0.1, -0.05) is 25.5 Å². The Kier molecular flexibility index (Phi) is 6.37. The van der Waals surface area contributed by atoms with Gasteiger partial charge in [0.1, 0.15) is 12.4 Å². The Hall–Kier alpha value is -2.79.